The number of rotatable bonds is 4. The highest BCUT2D eigenvalue weighted by Gasteiger charge is 2.23. The topological polar surface area (TPSA) is 77.7 Å². The van der Waals surface area contributed by atoms with Gasteiger partial charge in [0.1, 0.15) is 5.69 Å². The summed E-state index contributed by atoms with van der Waals surface area (Å²) < 4.78 is 0. The summed E-state index contributed by atoms with van der Waals surface area (Å²) in [6.45, 7) is 0. The van der Waals surface area contributed by atoms with Gasteiger partial charge in [-0.25, -0.2) is 0 Å². The molecule has 126 valence electrons. The van der Waals surface area contributed by atoms with Crippen molar-refractivity contribution in [1.82, 2.24) is 15.0 Å². The van der Waals surface area contributed by atoms with E-state index in [1.807, 2.05) is 60.7 Å². The molecule has 26 heavy (non-hydrogen) atoms. The van der Waals surface area contributed by atoms with Gasteiger partial charge in [-0.1, -0.05) is 36.4 Å². The minimum Gasteiger partial charge on any atom is -0.258 e. The Balaban J connectivity index is 1.87. The molecule has 0 aliphatic heterocycles. The number of non-ortho nitro benzene ring substituents is 1. The normalized spacial score (nSPS) is 10.6. The van der Waals surface area contributed by atoms with Gasteiger partial charge in [0.25, 0.3) is 5.69 Å². The van der Waals surface area contributed by atoms with E-state index in [2.05, 4.69) is 10.2 Å². The van der Waals surface area contributed by atoms with E-state index < -0.39 is 4.92 Å². The molecule has 0 saturated carbocycles. The number of benzene rings is 3. The molecule has 3 aromatic carbocycles. The minimum atomic E-state index is -0.425. The van der Waals surface area contributed by atoms with E-state index >= 15 is 0 Å². The summed E-state index contributed by atoms with van der Waals surface area (Å²) in [5, 5.41) is 20.1. The fourth-order valence-electron chi connectivity index (χ4n) is 2.59. The van der Waals surface area contributed by atoms with Crippen LogP contribution < -0.4 is 4.80 Å². The van der Waals surface area contributed by atoms with Gasteiger partial charge in [-0.15, -0.1) is 0 Å². The zero-order valence-electron chi connectivity index (χ0n) is 13.6. The molecule has 0 spiro atoms. The van der Waals surface area contributed by atoms with E-state index in [0.717, 1.165) is 11.3 Å². The van der Waals surface area contributed by atoms with Gasteiger partial charge in [0.15, 0.2) is 5.69 Å². The van der Waals surface area contributed by atoms with Crippen LogP contribution in [0.1, 0.15) is 0 Å². The van der Waals surface area contributed by atoms with Crippen LogP contribution in [0.15, 0.2) is 84.9 Å². The Labute approximate surface area is 148 Å². The maximum Gasteiger partial charge on any atom is 0.340 e. The Bertz CT molecular complexity index is 1040. The predicted octanol–water partition coefficient (Wildman–Crippen LogP) is 3.12. The second-order valence-electron chi connectivity index (χ2n) is 5.58. The molecular formula is C19H14N5O2+. The Morgan fingerprint density at radius 2 is 1.46 bits per heavy atom. The predicted molar refractivity (Wildman–Crippen MR) is 95.0 cm³/mol. The molecule has 4 rings (SSSR count). The molecule has 4 aromatic rings. The SMILES string of the molecule is O=[N+]([O-])c1ccc(-[n+]2nc(-c3ccccc3)nn2-c2ccccc2)cc1. The number of hydrogen-bond donors (Lipinski definition) is 0. The van der Waals surface area contributed by atoms with Crippen molar-refractivity contribution in [3.05, 3.63) is 95.0 Å². The van der Waals surface area contributed by atoms with Gasteiger partial charge in [-0.2, -0.15) is 0 Å². The quantitative estimate of drug-likeness (QED) is 0.324. The average Bonchev–Trinajstić information content (AvgIpc) is 3.15. The van der Waals surface area contributed by atoms with Gasteiger partial charge in [0.2, 0.25) is 0 Å². The highest BCUT2D eigenvalue weighted by Crippen LogP contribution is 2.16. The van der Waals surface area contributed by atoms with Crippen LogP contribution >= 0.6 is 0 Å². The van der Waals surface area contributed by atoms with E-state index in [0.29, 0.717) is 11.5 Å². The Hall–Kier alpha value is -3.87. The van der Waals surface area contributed by atoms with Gasteiger partial charge in [-0.05, 0) is 46.3 Å². The zero-order valence-corrected chi connectivity index (χ0v) is 13.6. The van der Waals surface area contributed by atoms with E-state index in [9.17, 15) is 10.1 Å². The van der Waals surface area contributed by atoms with Gasteiger partial charge >= 0.3 is 5.82 Å². The smallest absolute Gasteiger partial charge is 0.258 e. The van der Waals surface area contributed by atoms with Crippen molar-refractivity contribution in [2.45, 2.75) is 0 Å². The average molecular weight is 344 g/mol. The van der Waals surface area contributed by atoms with Gasteiger partial charge in [0, 0.05) is 16.9 Å². The summed E-state index contributed by atoms with van der Waals surface area (Å²) in [5.41, 5.74) is 2.43. The molecule has 0 unspecified atom stereocenters. The van der Waals surface area contributed by atoms with Crippen LogP contribution in [-0.4, -0.2) is 19.9 Å². The van der Waals surface area contributed by atoms with Crippen molar-refractivity contribution in [3.8, 4) is 22.8 Å². The van der Waals surface area contributed by atoms with Crippen molar-refractivity contribution in [1.29, 1.82) is 0 Å². The van der Waals surface area contributed by atoms with E-state index in [-0.39, 0.29) is 5.69 Å². The molecule has 7 heteroatoms. The molecule has 0 saturated heterocycles. The monoisotopic (exact) mass is 344 g/mol. The summed E-state index contributed by atoms with van der Waals surface area (Å²) >= 11 is 0. The van der Waals surface area contributed by atoms with Crippen molar-refractivity contribution in [3.63, 3.8) is 0 Å². The standard InChI is InChI=1S/C19H14N5O2/c25-24(26)18-13-11-17(12-14-18)23-21-19(15-7-3-1-4-8-15)20-22(23)16-9-5-2-6-10-16/h1-14H/q+1. The number of para-hydroxylation sites is 1. The largest absolute Gasteiger partial charge is 0.340 e. The Morgan fingerprint density at radius 3 is 2.08 bits per heavy atom. The maximum atomic E-state index is 10.9. The lowest BCUT2D eigenvalue weighted by atomic mass is 10.2. The molecular weight excluding hydrogens is 330 g/mol. The van der Waals surface area contributed by atoms with Crippen molar-refractivity contribution >= 4 is 5.69 Å². The molecule has 0 bridgehead atoms. The number of hydrogen-bond acceptors (Lipinski definition) is 4. The molecule has 7 nitrogen and oxygen atoms in total. The molecule has 0 atom stereocenters. The molecule has 0 N–H and O–H groups in total. The van der Waals surface area contributed by atoms with Crippen LogP contribution in [-0.2, 0) is 0 Å². The summed E-state index contributed by atoms with van der Waals surface area (Å²) in [6.07, 6.45) is 0. The summed E-state index contributed by atoms with van der Waals surface area (Å²) in [5.74, 6) is 0.563. The van der Waals surface area contributed by atoms with Crippen molar-refractivity contribution < 1.29 is 9.72 Å². The first-order valence-electron chi connectivity index (χ1n) is 7.98. The summed E-state index contributed by atoms with van der Waals surface area (Å²) in [7, 11) is 0. The van der Waals surface area contributed by atoms with E-state index in [1.165, 1.54) is 12.1 Å². The fraction of sp³-hybridized carbons (Fsp3) is 0. The third-order valence-electron chi connectivity index (χ3n) is 3.87. The van der Waals surface area contributed by atoms with Crippen LogP contribution in [0.3, 0.4) is 0 Å². The molecule has 0 radical (unpaired) electrons. The van der Waals surface area contributed by atoms with Crippen LogP contribution in [0.25, 0.3) is 22.8 Å². The lowest BCUT2D eigenvalue weighted by Crippen LogP contribution is -2.43. The second kappa shape index (κ2) is 6.56. The first-order chi connectivity index (χ1) is 12.7. The molecule has 0 amide bonds. The Morgan fingerprint density at radius 1 is 0.846 bits per heavy atom. The van der Waals surface area contributed by atoms with E-state index in [4.69, 9.17) is 0 Å². The third kappa shape index (κ3) is 2.93. The number of nitro groups is 1. The highest BCUT2D eigenvalue weighted by molar-refractivity contribution is 5.53. The van der Waals surface area contributed by atoms with Gasteiger partial charge < -0.3 is 0 Å². The molecule has 0 aliphatic rings. The molecule has 0 aliphatic carbocycles. The maximum absolute atomic E-state index is 10.9. The lowest BCUT2D eigenvalue weighted by molar-refractivity contribution is -0.734. The lowest BCUT2D eigenvalue weighted by Gasteiger charge is -1.99. The highest BCUT2D eigenvalue weighted by atomic mass is 16.6. The minimum absolute atomic E-state index is 0.0309. The number of aromatic nitrogens is 4. The first-order valence-corrected chi connectivity index (χ1v) is 7.98. The zero-order chi connectivity index (χ0) is 17.9. The van der Waals surface area contributed by atoms with Gasteiger partial charge in [-0.3, -0.25) is 10.1 Å². The van der Waals surface area contributed by atoms with Crippen LogP contribution in [0.2, 0.25) is 0 Å². The number of nitrogens with zero attached hydrogens (tertiary/aromatic N) is 5. The van der Waals surface area contributed by atoms with Crippen LogP contribution in [0.4, 0.5) is 5.69 Å². The third-order valence-corrected chi connectivity index (χ3v) is 3.87. The molecule has 1 heterocycles. The second-order valence-corrected chi connectivity index (χ2v) is 5.58. The van der Waals surface area contributed by atoms with Crippen molar-refractivity contribution in [2.24, 2.45) is 0 Å². The van der Waals surface area contributed by atoms with Crippen LogP contribution in [0, 0.1) is 10.1 Å². The van der Waals surface area contributed by atoms with Crippen molar-refractivity contribution in [2.75, 3.05) is 0 Å². The van der Waals surface area contributed by atoms with Gasteiger partial charge in [0.05, 0.1) is 15.6 Å². The van der Waals surface area contributed by atoms with E-state index in [1.54, 1.807) is 21.7 Å². The fourth-order valence-corrected chi connectivity index (χ4v) is 2.59. The molecule has 0 fully saturated rings. The Kier molecular flexibility index (Phi) is 3.95. The molecule has 1 aromatic heterocycles. The van der Waals surface area contributed by atoms with Crippen LogP contribution in [0.5, 0.6) is 0 Å². The summed E-state index contributed by atoms with van der Waals surface area (Å²) in [6, 6.07) is 25.5. The first kappa shape index (κ1) is 15.6. The number of nitro benzene ring substituents is 1. The summed E-state index contributed by atoms with van der Waals surface area (Å²) in [4.78, 5) is 13.8. The number of tetrazole rings is 1.